The molecular weight excluding hydrogens is 487 g/mol. The Morgan fingerprint density at radius 1 is 1.08 bits per heavy atom. The molecule has 0 saturated carbocycles. The number of amides is 3. The lowest BCUT2D eigenvalue weighted by Crippen LogP contribution is -2.61. The van der Waals surface area contributed by atoms with E-state index < -0.39 is 48.1 Å². The molecule has 5 atom stereocenters. The Labute approximate surface area is 210 Å². The van der Waals surface area contributed by atoms with Crippen molar-refractivity contribution >= 4 is 25.7 Å². The number of alkyl carbamates (subject to hydrolysis) is 1. The van der Waals surface area contributed by atoms with Gasteiger partial charge in [-0.15, -0.1) is 0 Å². The van der Waals surface area contributed by atoms with E-state index in [1.807, 2.05) is 6.07 Å². The topological polar surface area (TPSA) is 139 Å². The van der Waals surface area contributed by atoms with Crippen molar-refractivity contribution < 1.29 is 42.7 Å². The predicted octanol–water partition coefficient (Wildman–Crippen LogP) is 4.28. The Hall–Kier alpha value is -3.04. The molecule has 1 aliphatic rings. The van der Waals surface area contributed by atoms with Gasteiger partial charge in [-0.3, -0.25) is 9.09 Å². The summed E-state index contributed by atoms with van der Waals surface area (Å²) < 4.78 is 23.1. The predicted molar refractivity (Wildman–Crippen MR) is 131 cm³/mol. The molecular formula is C25H32N2O8P+. The normalized spacial score (nSPS) is 22.7. The highest BCUT2D eigenvalue weighted by atomic mass is 31.2. The molecule has 11 heteroatoms. The van der Waals surface area contributed by atoms with Crippen LogP contribution in [0.5, 0.6) is 0 Å². The van der Waals surface area contributed by atoms with Gasteiger partial charge in [-0.2, -0.15) is 9.28 Å². The fourth-order valence-electron chi connectivity index (χ4n) is 4.44. The molecule has 3 N–H and O–H groups in total. The van der Waals surface area contributed by atoms with Crippen LogP contribution in [0.2, 0.25) is 0 Å². The minimum absolute atomic E-state index is 0.0489. The summed E-state index contributed by atoms with van der Waals surface area (Å²) in [6.07, 6.45) is -2.76. The Bertz CT molecular complexity index is 1110. The van der Waals surface area contributed by atoms with Crippen LogP contribution in [0.25, 0.3) is 0 Å². The molecule has 1 saturated heterocycles. The molecule has 194 valence electrons. The number of carbonyl (C=O) groups excluding carboxylic acids is 2. The molecule has 2 aromatic rings. The first kappa shape index (κ1) is 27.5. The van der Waals surface area contributed by atoms with E-state index in [9.17, 15) is 28.9 Å². The molecule has 2 aromatic carbocycles. The van der Waals surface area contributed by atoms with Crippen LogP contribution in [0, 0.1) is 0 Å². The molecule has 3 unspecified atom stereocenters. The van der Waals surface area contributed by atoms with Gasteiger partial charge in [0.15, 0.2) is 6.10 Å². The van der Waals surface area contributed by atoms with Crippen LogP contribution in [0.3, 0.4) is 0 Å². The van der Waals surface area contributed by atoms with Crippen LogP contribution in [0.4, 0.5) is 9.59 Å². The minimum Gasteiger partial charge on any atom is -0.445 e. The van der Waals surface area contributed by atoms with Gasteiger partial charge in [0, 0.05) is 19.3 Å². The fourth-order valence-corrected chi connectivity index (χ4v) is 5.84. The number of benzene rings is 2. The second-order valence-corrected chi connectivity index (χ2v) is 10.9. The number of quaternary nitrogens is 1. The summed E-state index contributed by atoms with van der Waals surface area (Å²) in [5, 5.41) is 12.2. The van der Waals surface area contributed by atoms with E-state index in [0.29, 0.717) is 18.4 Å². The fraction of sp³-hybridized carbons (Fsp3) is 0.400. The summed E-state index contributed by atoms with van der Waals surface area (Å²) in [5.41, 5.74) is 1.38. The zero-order chi connectivity index (χ0) is 26.3. The first-order chi connectivity index (χ1) is 17.1. The Morgan fingerprint density at radius 3 is 2.19 bits per heavy atom. The lowest BCUT2D eigenvalue weighted by Gasteiger charge is -2.33. The number of ether oxygens (including phenoxy) is 1. The van der Waals surface area contributed by atoms with Crippen LogP contribution in [0.15, 0.2) is 60.7 Å². The lowest BCUT2D eigenvalue weighted by molar-refractivity contribution is -0.793. The van der Waals surface area contributed by atoms with E-state index >= 15 is 0 Å². The Balaban J connectivity index is 1.76. The number of carbonyl (C=O) groups is 3. The van der Waals surface area contributed by atoms with Crippen LogP contribution in [0.1, 0.15) is 37.8 Å². The van der Waals surface area contributed by atoms with Crippen LogP contribution < -0.4 is 5.32 Å². The second kappa shape index (κ2) is 11.8. The molecule has 1 aliphatic heterocycles. The molecule has 10 nitrogen and oxygen atoms in total. The van der Waals surface area contributed by atoms with E-state index in [1.165, 1.54) is 6.92 Å². The van der Waals surface area contributed by atoms with Crippen molar-refractivity contribution in [2.75, 3.05) is 6.54 Å². The third-order valence-electron chi connectivity index (χ3n) is 6.44. The monoisotopic (exact) mass is 519 g/mol. The van der Waals surface area contributed by atoms with Crippen LogP contribution in [-0.2, 0) is 31.6 Å². The summed E-state index contributed by atoms with van der Waals surface area (Å²) in [6, 6.07) is 17.1. The maximum atomic E-state index is 13.4. The molecule has 3 amide bonds. The summed E-state index contributed by atoms with van der Waals surface area (Å²) in [5.74, 6) is -2.25. The standard InChI is InChI=1S/C25H31N2O8P/c1-18-10-9-15-27(18,25(30)31)23(28)19(2)35-36(32,33)22(16-20-11-5-3-6-12-20)26-24(29)34-17-21-13-7-4-8-14-21/h3-8,11-14,18-19,22H,9-10,15-17H2,1-2H3,(H2-,26,29,30,31,32,33)/p+1/t18-,19?,22+,27?/m1/s1. The first-order valence-electron chi connectivity index (χ1n) is 11.7. The average molecular weight is 520 g/mol. The zero-order valence-electron chi connectivity index (χ0n) is 20.3. The van der Waals surface area contributed by atoms with Gasteiger partial charge >= 0.3 is 25.7 Å². The van der Waals surface area contributed by atoms with E-state index in [4.69, 9.17) is 9.26 Å². The summed E-state index contributed by atoms with van der Waals surface area (Å²) in [6.45, 7) is 2.95. The summed E-state index contributed by atoms with van der Waals surface area (Å²) in [7, 11) is -4.68. The lowest BCUT2D eigenvalue weighted by atomic mass is 10.1. The number of imide groups is 1. The van der Waals surface area contributed by atoms with Crippen molar-refractivity contribution in [3.63, 3.8) is 0 Å². The number of hydrogen-bond donors (Lipinski definition) is 3. The van der Waals surface area contributed by atoms with E-state index in [2.05, 4.69) is 5.32 Å². The molecule has 0 bridgehead atoms. The van der Waals surface area contributed by atoms with Gasteiger partial charge in [0.1, 0.15) is 18.4 Å². The number of rotatable bonds is 9. The largest absolute Gasteiger partial charge is 0.521 e. The Morgan fingerprint density at radius 2 is 1.67 bits per heavy atom. The number of carboxylic acid groups (broad SMARTS) is 1. The highest BCUT2D eigenvalue weighted by Gasteiger charge is 2.55. The van der Waals surface area contributed by atoms with E-state index in [1.54, 1.807) is 61.5 Å². The number of nitrogens with zero attached hydrogens (tertiary/aromatic N) is 1. The summed E-state index contributed by atoms with van der Waals surface area (Å²) in [4.78, 5) is 48.6. The molecule has 36 heavy (non-hydrogen) atoms. The van der Waals surface area contributed by atoms with Gasteiger partial charge in [-0.05, 0) is 25.0 Å². The summed E-state index contributed by atoms with van der Waals surface area (Å²) >= 11 is 0. The number of likely N-dealkylation sites (tertiary alicyclic amines) is 1. The highest BCUT2D eigenvalue weighted by molar-refractivity contribution is 7.53. The van der Waals surface area contributed by atoms with Gasteiger partial charge in [-0.1, -0.05) is 60.7 Å². The van der Waals surface area contributed by atoms with Gasteiger partial charge in [0.2, 0.25) is 0 Å². The maximum absolute atomic E-state index is 13.4. The van der Waals surface area contributed by atoms with Crippen LogP contribution >= 0.6 is 7.60 Å². The molecule has 1 heterocycles. The van der Waals surface area contributed by atoms with Gasteiger partial charge in [0.05, 0.1) is 6.54 Å². The second-order valence-electron chi connectivity index (χ2n) is 8.93. The molecule has 0 aromatic heterocycles. The minimum atomic E-state index is -4.68. The smallest absolute Gasteiger partial charge is 0.445 e. The molecule has 1 fully saturated rings. The van der Waals surface area contributed by atoms with Gasteiger partial charge in [-0.25, -0.2) is 9.59 Å². The van der Waals surface area contributed by atoms with Crippen molar-refractivity contribution in [3.8, 4) is 0 Å². The Kier molecular flexibility index (Phi) is 9.03. The van der Waals surface area contributed by atoms with Gasteiger partial charge in [0.25, 0.3) is 0 Å². The molecule has 3 rings (SSSR count). The SMILES string of the molecule is CC(OP(=O)(O)[C@@H](Cc1ccccc1)NC(=O)OCc1ccccc1)C(=O)[N+]1(C(=O)O)CCC[C@H]1C. The average Bonchev–Trinajstić information content (AvgIpc) is 3.25. The number of hydrogen-bond acceptors (Lipinski definition) is 6. The third-order valence-corrected chi connectivity index (χ3v) is 8.16. The van der Waals surface area contributed by atoms with E-state index in [0.717, 1.165) is 5.56 Å². The van der Waals surface area contributed by atoms with Crippen molar-refractivity contribution in [1.82, 2.24) is 5.32 Å². The maximum Gasteiger partial charge on any atom is 0.521 e. The van der Waals surface area contributed by atoms with Gasteiger partial charge < -0.3 is 20.1 Å². The zero-order valence-corrected chi connectivity index (χ0v) is 21.2. The number of nitrogens with one attached hydrogen (secondary N) is 1. The van der Waals surface area contributed by atoms with Crippen molar-refractivity contribution in [2.45, 2.75) is 57.6 Å². The molecule has 0 radical (unpaired) electrons. The highest BCUT2D eigenvalue weighted by Crippen LogP contribution is 2.49. The third kappa shape index (κ3) is 6.39. The van der Waals surface area contributed by atoms with Crippen LogP contribution in [-0.4, -0.2) is 57.1 Å². The van der Waals surface area contributed by atoms with Crippen molar-refractivity contribution in [1.29, 1.82) is 0 Å². The first-order valence-corrected chi connectivity index (χ1v) is 13.4. The quantitative estimate of drug-likeness (QED) is 0.330. The molecule has 0 spiro atoms. The molecule has 0 aliphatic carbocycles. The van der Waals surface area contributed by atoms with Crippen molar-refractivity contribution in [2.24, 2.45) is 0 Å². The van der Waals surface area contributed by atoms with E-state index in [-0.39, 0.29) is 19.6 Å². The van der Waals surface area contributed by atoms with Crippen molar-refractivity contribution in [3.05, 3.63) is 71.8 Å².